The Hall–Kier alpha value is -0.610. The fourth-order valence-electron chi connectivity index (χ4n) is 1.88. The molecule has 0 atom stereocenters. The minimum absolute atomic E-state index is 0.153. The number of nitrogens with zero attached hydrogens (tertiary/aromatic N) is 2. The second-order valence-corrected chi connectivity index (χ2v) is 4.03. The van der Waals surface area contributed by atoms with Crippen molar-refractivity contribution < 1.29 is 9.90 Å². The predicted octanol–water partition coefficient (Wildman–Crippen LogP) is 0.489. The number of carbonyl (C=O) groups is 1. The first-order valence-electron chi connectivity index (χ1n) is 5.31. The van der Waals surface area contributed by atoms with E-state index in [-0.39, 0.29) is 6.54 Å². The Morgan fingerprint density at radius 2 is 2.07 bits per heavy atom. The van der Waals surface area contributed by atoms with Gasteiger partial charge >= 0.3 is 5.97 Å². The lowest BCUT2D eigenvalue weighted by molar-refractivity contribution is -0.137. The van der Waals surface area contributed by atoms with Crippen LogP contribution in [0.4, 0.5) is 0 Å². The number of hydrogen-bond donors (Lipinski definition) is 1. The van der Waals surface area contributed by atoms with E-state index in [4.69, 9.17) is 5.11 Å². The third-order valence-corrected chi connectivity index (χ3v) is 2.62. The van der Waals surface area contributed by atoms with Gasteiger partial charge in [0.2, 0.25) is 0 Å². The maximum atomic E-state index is 10.4. The SMILES string of the molecule is CN(CCCN1CCCC1)CC(=O)O. The monoisotopic (exact) mass is 200 g/mol. The first-order valence-corrected chi connectivity index (χ1v) is 5.31. The number of carboxylic acid groups (broad SMARTS) is 1. The van der Waals surface area contributed by atoms with Crippen LogP contribution in [0.5, 0.6) is 0 Å². The first kappa shape index (κ1) is 11.5. The topological polar surface area (TPSA) is 43.8 Å². The van der Waals surface area contributed by atoms with Crippen molar-refractivity contribution in [1.29, 1.82) is 0 Å². The van der Waals surface area contributed by atoms with Crippen LogP contribution >= 0.6 is 0 Å². The molecule has 4 nitrogen and oxygen atoms in total. The molecule has 1 fully saturated rings. The van der Waals surface area contributed by atoms with Crippen molar-refractivity contribution in [3.8, 4) is 0 Å². The van der Waals surface area contributed by atoms with E-state index in [1.54, 1.807) is 0 Å². The lowest BCUT2D eigenvalue weighted by Gasteiger charge is -2.17. The summed E-state index contributed by atoms with van der Waals surface area (Å²) in [4.78, 5) is 14.7. The van der Waals surface area contributed by atoms with Gasteiger partial charge in [-0.25, -0.2) is 0 Å². The summed E-state index contributed by atoms with van der Waals surface area (Å²) in [5, 5.41) is 8.54. The average Bonchev–Trinajstić information content (AvgIpc) is 2.55. The van der Waals surface area contributed by atoms with E-state index in [1.165, 1.54) is 25.9 Å². The number of hydrogen-bond acceptors (Lipinski definition) is 3. The van der Waals surface area contributed by atoms with E-state index in [2.05, 4.69) is 4.90 Å². The van der Waals surface area contributed by atoms with E-state index in [0.717, 1.165) is 19.5 Å². The number of aliphatic carboxylic acids is 1. The van der Waals surface area contributed by atoms with Crippen LogP contribution in [0.25, 0.3) is 0 Å². The molecule has 1 N–H and O–H groups in total. The minimum atomic E-state index is -0.742. The third-order valence-electron chi connectivity index (χ3n) is 2.62. The normalized spacial score (nSPS) is 17.9. The number of likely N-dealkylation sites (N-methyl/N-ethyl adjacent to an activating group) is 1. The number of carboxylic acids is 1. The van der Waals surface area contributed by atoms with Crippen LogP contribution in [0.1, 0.15) is 19.3 Å². The van der Waals surface area contributed by atoms with Gasteiger partial charge < -0.3 is 10.0 Å². The van der Waals surface area contributed by atoms with Crippen LogP contribution in [-0.2, 0) is 4.79 Å². The molecule has 0 radical (unpaired) electrons. The second kappa shape index (κ2) is 5.98. The lowest BCUT2D eigenvalue weighted by atomic mass is 10.3. The molecular weight excluding hydrogens is 180 g/mol. The molecule has 1 saturated heterocycles. The molecule has 0 spiro atoms. The fourth-order valence-corrected chi connectivity index (χ4v) is 1.88. The van der Waals surface area contributed by atoms with Crippen molar-refractivity contribution in [1.82, 2.24) is 9.80 Å². The van der Waals surface area contributed by atoms with Crippen LogP contribution in [-0.4, -0.2) is 60.6 Å². The Kier molecular flexibility index (Phi) is 4.90. The summed E-state index contributed by atoms with van der Waals surface area (Å²) in [5.74, 6) is -0.742. The molecule has 1 aliphatic rings. The van der Waals surface area contributed by atoms with E-state index >= 15 is 0 Å². The molecule has 4 heteroatoms. The summed E-state index contributed by atoms with van der Waals surface area (Å²) < 4.78 is 0. The second-order valence-electron chi connectivity index (χ2n) is 4.03. The highest BCUT2D eigenvalue weighted by Gasteiger charge is 2.11. The zero-order chi connectivity index (χ0) is 10.4. The molecule has 1 heterocycles. The van der Waals surface area contributed by atoms with Gasteiger partial charge in [-0.3, -0.25) is 9.69 Å². The van der Waals surface area contributed by atoms with E-state index in [9.17, 15) is 4.79 Å². The van der Waals surface area contributed by atoms with Gasteiger partial charge in [0.15, 0.2) is 0 Å². The maximum Gasteiger partial charge on any atom is 0.317 e. The van der Waals surface area contributed by atoms with E-state index in [1.807, 2.05) is 11.9 Å². The van der Waals surface area contributed by atoms with E-state index < -0.39 is 5.97 Å². The predicted molar refractivity (Wildman–Crippen MR) is 55.4 cm³/mol. The highest BCUT2D eigenvalue weighted by Crippen LogP contribution is 2.07. The Balaban J connectivity index is 1.99. The molecule has 0 unspecified atom stereocenters. The van der Waals surface area contributed by atoms with Crippen LogP contribution in [0.15, 0.2) is 0 Å². The van der Waals surface area contributed by atoms with Gasteiger partial charge in [-0.15, -0.1) is 0 Å². The summed E-state index contributed by atoms with van der Waals surface area (Å²) in [6.07, 6.45) is 3.72. The lowest BCUT2D eigenvalue weighted by Crippen LogP contribution is -2.29. The highest BCUT2D eigenvalue weighted by atomic mass is 16.4. The molecule has 0 saturated carbocycles. The summed E-state index contributed by atoms with van der Waals surface area (Å²) in [6.45, 7) is 4.60. The van der Waals surface area contributed by atoms with E-state index in [0.29, 0.717) is 0 Å². The van der Waals surface area contributed by atoms with Crippen molar-refractivity contribution in [2.45, 2.75) is 19.3 Å². The van der Waals surface area contributed by atoms with Crippen LogP contribution < -0.4 is 0 Å². The zero-order valence-electron chi connectivity index (χ0n) is 8.91. The molecule has 14 heavy (non-hydrogen) atoms. The standard InChI is InChI=1S/C10H20N2O2/c1-11(9-10(13)14)5-4-8-12-6-2-3-7-12/h2-9H2,1H3,(H,13,14). The third kappa shape index (κ3) is 4.58. The van der Waals surface area contributed by atoms with Gasteiger partial charge in [0.05, 0.1) is 6.54 Å². The van der Waals surface area contributed by atoms with Crippen LogP contribution in [0, 0.1) is 0 Å². The summed E-state index contributed by atoms with van der Waals surface area (Å²) in [7, 11) is 1.86. The molecule has 1 rings (SSSR count). The van der Waals surface area contributed by atoms with Crippen LogP contribution in [0.2, 0.25) is 0 Å². The van der Waals surface area contributed by atoms with Crippen LogP contribution in [0.3, 0.4) is 0 Å². The minimum Gasteiger partial charge on any atom is -0.480 e. The summed E-state index contributed by atoms with van der Waals surface area (Å²) in [5.41, 5.74) is 0. The van der Waals surface area contributed by atoms with Gasteiger partial charge in [0.25, 0.3) is 0 Å². The van der Waals surface area contributed by atoms with Crippen molar-refractivity contribution in [2.24, 2.45) is 0 Å². The average molecular weight is 200 g/mol. The molecular formula is C10H20N2O2. The number of rotatable bonds is 6. The van der Waals surface area contributed by atoms with Gasteiger partial charge in [0, 0.05) is 0 Å². The smallest absolute Gasteiger partial charge is 0.317 e. The summed E-state index contributed by atoms with van der Waals surface area (Å²) in [6, 6.07) is 0. The van der Waals surface area contributed by atoms with Crippen molar-refractivity contribution in [2.75, 3.05) is 39.8 Å². The quantitative estimate of drug-likeness (QED) is 0.677. The Morgan fingerprint density at radius 1 is 1.43 bits per heavy atom. The largest absolute Gasteiger partial charge is 0.480 e. The molecule has 0 bridgehead atoms. The first-order chi connectivity index (χ1) is 6.68. The molecule has 1 aliphatic heterocycles. The Bertz CT molecular complexity index is 179. The van der Waals surface area contributed by atoms with Crippen molar-refractivity contribution >= 4 is 5.97 Å². The highest BCUT2D eigenvalue weighted by molar-refractivity contribution is 5.68. The van der Waals surface area contributed by atoms with Gasteiger partial charge in [-0.1, -0.05) is 0 Å². The molecule has 0 aromatic heterocycles. The van der Waals surface area contributed by atoms with Gasteiger partial charge in [-0.05, 0) is 52.5 Å². The Morgan fingerprint density at radius 3 is 2.64 bits per heavy atom. The summed E-state index contributed by atoms with van der Waals surface area (Å²) >= 11 is 0. The van der Waals surface area contributed by atoms with Crippen molar-refractivity contribution in [3.63, 3.8) is 0 Å². The van der Waals surface area contributed by atoms with Crippen molar-refractivity contribution in [3.05, 3.63) is 0 Å². The van der Waals surface area contributed by atoms with Gasteiger partial charge in [0.1, 0.15) is 0 Å². The zero-order valence-corrected chi connectivity index (χ0v) is 8.91. The fraction of sp³-hybridized carbons (Fsp3) is 0.900. The van der Waals surface area contributed by atoms with Gasteiger partial charge in [-0.2, -0.15) is 0 Å². The molecule has 0 amide bonds. The number of likely N-dealkylation sites (tertiary alicyclic amines) is 1. The maximum absolute atomic E-state index is 10.4. The molecule has 82 valence electrons. The molecule has 0 aromatic rings. The molecule has 0 aliphatic carbocycles. The molecule has 0 aromatic carbocycles. The Labute approximate surface area is 85.5 Å².